The van der Waals surface area contributed by atoms with Gasteiger partial charge in [-0.15, -0.1) is 0 Å². The minimum atomic E-state index is -0.884. The van der Waals surface area contributed by atoms with Gasteiger partial charge in [0.25, 0.3) is 5.91 Å². The molecule has 0 aromatic heterocycles. The normalized spacial score (nSPS) is 17.9. The average Bonchev–Trinajstić information content (AvgIpc) is 2.59. The molecule has 5 nitrogen and oxygen atoms in total. The molecule has 1 fully saturated rings. The van der Waals surface area contributed by atoms with Gasteiger partial charge in [0.2, 0.25) is 0 Å². The number of anilines is 1. The van der Waals surface area contributed by atoms with Gasteiger partial charge in [0.15, 0.2) is 0 Å². The maximum absolute atomic E-state index is 12.5. The fourth-order valence-electron chi connectivity index (χ4n) is 3.03. The van der Waals surface area contributed by atoms with Crippen molar-refractivity contribution in [3.8, 4) is 0 Å². The molecular weight excluding hydrogens is 306 g/mol. The van der Waals surface area contributed by atoms with Crippen LogP contribution in [0.2, 0.25) is 0 Å². The summed E-state index contributed by atoms with van der Waals surface area (Å²) in [5.74, 6) is -1.66. The van der Waals surface area contributed by atoms with Crippen molar-refractivity contribution in [2.24, 2.45) is 0 Å². The highest BCUT2D eigenvalue weighted by molar-refractivity contribution is 5.94. The molecule has 0 saturated heterocycles. The Labute approximate surface area is 143 Å². The third-order valence-corrected chi connectivity index (χ3v) is 4.60. The van der Waals surface area contributed by atoms with Crippen LogP contribution in [0, 0.1) is 0 Å². The topological polar surface area (TPSA) is 75.6 Å². The van der Waals surface area contributed by atoms with Gasteiger partial charge in [0.05, 0.1) is 12.0 Å². The van der Waals surface area contributed by atoms with Gasteiger partial charge in [-0.1, -0.05) is 38.3 Å². The van der Waals surface area contributed by atoms with E-state index in [9.17, 15) is 9.59 Å². The molecule has 2 atom stereocenters. The van der Waals surface area contributed by atoms with Gasteiger partial charge in [-0.25, -0.2) is 0 Å². The molecule has 2 N–H and O–H groups in total. The van der Waals surface area contributed by atoms with Crippen molar-refractivity contribution in [3.05, 3.63) is 29.8 Å². The van der Waals surface area contributed by atoms with E-state index in [1.807, 2.05) is 6.92 Å². The van der Waals surface area contributed by atoms with Crippen LogP contribution in [0.3, 0.4) is 0 Å². The summed E-state index contributed by atoms with van der Waals surface area (Å²) < 4.78 is 5.98. The van der Waals surface area contributed by atoms with Crippen LogP contribution in [-0.4, -0.2) is 29.2 Å². The van der Waals surface area contributed by atoms with Crippen molar-refractivity contribution in [1.82, 2.24) is 0 Å². The van der Waals surface area contributed by atoms with Gasteiger partial charge < -0.3 is 15.2 Å². The molecule has 1 aliphatic rings. The molecule has 1 aromatic carbocycles. The lowest BCUT2D eigenvalue weighted by Crippen LogP contribution is -2.34. The molecule has 132 valence electrons. The Kier molecular flexibility index (Phi) is 6.79. The molecule has 1 aromatic rings. The van der Waals surface area contributed by atoms with E-state index in [0.29, 0.717) is 17.7 Å². The Morgan fingerprint density at radius 3 is 2.62 bits per heavy atom. The van der Waals surface area contributed by atoms with E-state index in [2.05, 4.69) is 5.32 Å². The van der Waals surface area contributed by atoms with Crippen LogP contribution in [0.1, 0.15) is 63.9 Å². The lowest BCUT2D eigenvalue weighted by molar-refractivity contribution is -0.138. The van der Waals surface area contributed by atoms with Crippen molar-refractivity contribution >= 4 is 17.6 Å². The first kappa shape index (κ1) is 18.5. The Morgan fingerprint density at radius 1 is 1.29 bits per heavy atom. The molecule has 1 saturated carbocycles. The van der Waals surface area contributed by atoms with Gasteiger partial charge in [0.1, 0.15) is 6.10 Å². The Morgan fingerprint density at radius 2 is 2.00 bits per heavy atom. The van der Waals surface area contributed by atoms with E-state index >= 15 is 0 Å². The lowest BCUT2D eigenvalue weighted by atomic mass is 9.97. The largest absolute Gasteiger partial charge is 0.481 e. The number of carbonyl (C=O) groups excluding carboxylic acids is 1. The second-order valence-corrected chi connectivity index (χ2v) is 6.47. The third kappa shape index (κ3) is 5.06. The SMILES string of the molecule is CCC(OC1CCCCC1)C(=O)Nc1cccc(C(C)C(=O)O)c1. The van der Waals surface area contributed by atoms with E-state index in [-0.39, 0.29) is 12.0 Å². The molecule has 1 amide bonds. The number of amides is 1. The Bertz CT molecular complexity index is 566. The standard InChI is InChI=1S/C19H27NO4/c1-3-17(24-16-10-5-4-6-11-16)18(21)20-15-9-7-8-14(12-15)13(2)19(22)23/h7-9,12-13,16-17H,3-6,10-11H2,1-2H3,(H,20,21)(H,22,23). The van der Waals surface area contributed by atoms with Crippen molar-refractivity contribution in [2.45, 2.75) is 70.5 Å². The highest BCUT2D eigenvalue weighted by Crippen LogP contribution is 2.23. The maximum atomic E-state index is 12.5. The fraction of sp³-hybridized carbons (Fsp3) is 0.579. The van der Waals surface area contributed by atoms with Crippen LogP contribution in [0.5, 0.6) is 0 Å². The lowest BCUT2D eigenvalue weighted by Gasteiger charge is -2.26. The molecule has 2 rings (SSSR count). The number of carboxylic acids is 1. The molecule has 24 heavy (non-hydrogen) atoms. The van der Waals surface area contributed by atoms with Crippen LogP contribution in [0.4, 0.5) is 5.69 Å². The van der Waals surface area contributed by atoms with Crippen LogP contribution < -0.4 is 5.32 Å². The third-order valence-electron chi connectivity index (χ3n) is 4.60. The quantitative estimate of drug-likeness (QED) is 0.792. The highest BCUT2D eigenvalue weighted by atomic mass is 16.5. The molecule has 2 unspecified atom stereocenters. The minimum Gasteiger partial charge on any atom is -0.481 e. The van der Waals surface area contributed by atoms with E-state index < -0.39 is 18.0 Å². The zero-order chi connectivity index (χ0) is 17.5. The second-order valence-electron chi connectivity index (χ2n) is 6.47. The first-order chi connectivity index (χ1) is 11.5. The number of rotatable bonds is 7. The Hall–Kier alpha value is -1.88. The smallest absolute Gasteiger partial charge is 0.310 e. The summed E-state index contributed by atoms with van der Waals surface area (Å²) in [5.41, 5.74) is 1.28. The zero-order valence-electron chi connectivity index (χ0n) is 14.5. The number of ether oxygens (including phenoxy) is 1. The Balaban J connectivity index is 1.99. The predicted molar refractivity (Wildman–Crippen MR) is 93.2 cm³/mol. The molecule has 0 heterocycles. The zero-order valence-corrected chi connectivity index (χ0v) is 14.5. The van der Waals surface area contributed by atoms with Crippen LogP contribution in [-0.2, 0) is 14.3 Å². The molecular formula is C19H27NO4. The van der Waals surface area contributed by atoms with Gasteiger partial charge in [-0.2, -0.15) is 0 Å². The van der Waals surface area contributed by atoms with Crippen LogP contribution in [0.25, 0.3) is 0 Å². The number of hydrogen-bond acceptors (Lipinski definition) is 3. The number of carbonyl (C=O) groups is 2. The van der Waals surface area contributed by atoms with Crippen molar-refractivity contribution in [2.75, 3.05) is 5.32 Å². The summed E-state index contributed by atoms with van der Waals surface area (Å²) in [6.45, 7) is 3.57. The van der Waals surface area contributed by atoms with Gasteiger partial charge in [-0.3, -0.25) is 9.59 Å². The average molecular weight is 333 g/mol. The van der Waals surface area contributed by atoms with Crippen molar-refractivity contribution in [1.29, 1.82) is 0 Å². The number of nitrogens with one attached hydrogen (secondary N) is 1. The molecule has 1 aliphatic carbocycles. The maximum Gasteiger partial charge on any atom is 0.310 e. The van der Waals surface area contributed by atoms with Gasteiger partial charge in [-0.05, 0) is 43.9 Å². The first-order valence-electron chi connectivity index (χ1n) is 8.80. The number of aliphatic carboxylic acids is 1. The molecule has 0 bridgehead atoms. The van der Waals surface area contributed by atoms with Gasteiger partial charge in [0, 0.05) is 5.69 Å². The molecule has 0 radical (unpaired) electrons. The molecule has 0 aliphatic heterocycles. The number of hydrogen-bond donors (Lipinski definition) is 2. The summed E-state index contributed by atoms with van der Waals surface area (Å²) in [7, 11) is 0. The highest BCUT2D eigenvalue weighted by Gasteiger charge is 2.23. The van der Waals surface area contributed by atoms with Crippen LogP contribution >= 0.6 is 0 Å². The summed E-state index contributed by atoms with van der Waals surface area (Å²) in [5, 5.41) is 12.0. The summed E-state index contributed by atoms with van der Waals surface area (Å²) in [6, 6.07) is 6.99. The van der Waals surface area contributed by atoms with Crippen molar-refractivity contribution in [3.63, 3.8) is 0 Å². The molecule has 0 spiro atoms. The van der Waals surface area contributed by atoms with E-state index in [1.54, 1.807) is 31.2 Å². The monoisotopic (exact) mass is 333 g/mol. The van der Waals surface area contributed by atoms with Crippen LogP contribution in [0.15, 0.2) is 24.3 Å². The fourth-order valence-corrected chi connectivity index (χ4v) is 3.03. The summed E-state index contributed by atoms with van der Waals surface area (Å²) in [4.78, 5) is 23.6. The first-order valence-corrected chi connectivity index (χ1v) is 8.80. The number of benzene rings is 1. The van der Waals surface area contributed by atoms with E-state index in [1.165, 1.54) is 6.42 Å². The summed E-state index contributed by atoms with van der Waals surface area (Å²) in [6.07, 6.45) is 5.95. The minimum absolute atomic E-state index is 0.164. The second kappa shape index (κ2) is 8.83. The van der Waals surface area contributed by atoms with Gasteiger partial charge >= 0.3 is 5.97 Å². The predicted octanol–water partition coefficient (Wildman–Crippen LogP) is 3.94. The van der Waals surface area contributed by atoms with E-state index in [4.69, 9.17) is 9.84 Å². The molecule has 5 heteroatoms. The number of carboxylic acid groups (broad SMARTS) is 1. The summed E-state index contributed by atoms with van der Waals surface area (Å²) >= 11 is 0. The van der Waals surface area contributed by atoms with E-state index in [0.717, 1.165) is 25.7 Å². The van der Waals surface area contributed by atoms with Crippen molar-refractivity contribution < 1.29 is 19.4 Å².